The van der Waals surface area contributed by atoms with E-state index in [0.717, 1.165) is 12.1 Å². The number of hydrogen-bond acceptors (Lipinski definition) is 2. The second-order valence-corrected chi connectivity index (χ2v) is 2.46. The van der Waals surface area contributed by atoms with Crippen molar-refractivity contribution in [3.05, 3.63) is 29.6 Å². The van der Waals surface area contributed by atoms with Gasteiger partial charge in [-0.15, -0.1) is 0 Å². The summed E-state index contributed by atoms with van der Waals surface area (Å²) in [6.45, 7) is 0.352. The second kappa shape index (κ2) is 4.13. The fraction of sp³-hybridized carbons (Fsp3) is 0.250. The average molecular weight is 190 g/mol. The zero-order chi connectivity index (χ0) is 9.84. The maximum Gasteiger partial charge on any atom is 0.194 e. The van der Waals surface area contributed by atoms with E-state index in [0.29, 0.717) is 6.67 Å². The molecule has 0 fully saturated rings. The Bertz CT molecular complexity index is 278. The highest BCUT2D eigenvalue weighted by Gasteiger charge is 2.09. The first-order valence-corrected chi connectivity index (χ1v) is 3.68. The van der Waals surface area contributed by atoms with Crippen LogP contribution in [0.4, 0.5) is 18.9 Å². The molecular weight excluding hydrogens is 181 g/mol. The Hall–Kier alpha value is -1.23. The smallest absolute Gasteiger partial charge is 0.194 e. The molecule has 5 heteroatoms. The van der Waals surface area contributed by atoms with Crippen molar-refractivity contribution in [1.29, 1.82) is 0 Å². The number of anilines is 1. The largest absolute Gasteiger partial charge is 0.372 e. The lowest BCUT2D eigenvalue weighted by molar-refractivity contribution is 0.447. The molecule has 0 spiro atoms. The normalized spacial score (nSPS) is 10.2. The molecule has 1 aromatic rings. The molecule has 0 saturated heterocycles. The molecule has 13 heavy (non-hydrogen) atoms. The maximum atomic E-state index is 12.6. The van der Waals surface area contributed by atoms with Crippen molar-refractivity contribution >= 4 is 5.69 Å². The predicted molar refractivity (Wildman–Crippen MR) is 43.9 cm³/mol. The van der Waals surface area contributed by atoms with E-state index in [4.69, 9.17) is 0 Å². The zero-order valence-electron chi connectivity index (χ0n) is 7.00. The van der Waals surface area contributed by atoms with Gasteiger partial charge >= 0.3 is 0 Å². The molecular formula is C8H9F3N2. The monoisotopic (exact) mass is 190 g/mol. The van der Waals surface area contributed by atoms with Gasteiger partial charge in [0.05, 0.1) is 6.67 Å². The van der Waals surface area contributed by atoms with Crippen LogP contribution in [0, 0.1) is 17.5 Å². The van der Waals surface area contributed by atoms with Gasteiger partial charge in [-0.05, 0) is 7.05 Å². The third-order valence-electron chi connectivity index (χ3n) is 1.45. The van der Waals surface area contributed by atoms with Crippen molar-refractivity contribution in [3.63, 3.8) is 0 Å². The quantitative estimate of drug-likeness (QED) is 0.560. The van der Waals surface area contributed by atoms with E-state index in [9.17, 15) is 13.2 Å². The molecule has 0 aliphatic rings. The van der Waals surface area contributed by atoms with Gasteiger partial charge in [-0.25, -0.2) is 13.2 Å². The van der Waals surface area contributed by atoms with E-state index >= 15 is 0 Å². The lowest BCUT2D eigenvalue weighted by Crippen LogP contribution is -2.17. The van der Waals surface area contributed by atoms with Crippen LogP contribution in [-0.2, 0) is 0 Å². The zero-order valence-corrected chi connectivity index (χ0v) is 7.00. The topological polar surface area (TPSA) is 24.1 Å². The molecule has 0 unspecified atom stereocenters. The highest BCUT2D eigenvalue weighted by molar-refractivity contribution is 5.43. The summed E-state index contributed by atoms with van der Waals surface area (Å²) in [5.41, 5.74) is 0.200. The van der Waals surface area contributed by atoms with Gasteiger partial charge < -0.3 is 10.6 Å². The minimum atomic E-state index is -1.45. The molecule has 0 aromatic heterocycles. The van der Waals surface area contributed by atoms with E-state index in [2.05, 4.69) is 10.6 Å². The van der Waals surface area contributed by atoms with Gasteiger partial charge in [0.25, 0.3) is 0 Å². The van der Waals surface area contributed by atoms with Crippen molar-refractivity contribution < 1.29 is 13.2 Å². The molecule has 1 aromatic carbocycles. The highest BCUT2D eigenvalue weighted by atomic mass is 19.2. The van der Waals surface area contributed by atoms with Crippen LogP contribution >= 0.6 is 0 Å². The summed E-state index contributed by atoms with van der Waals surface area (Å²) in [5, 5.41) is 5.37. The molecule has 72 valence electrons. The molecule has 1 rings (SSSR count). The summed E-state index contributed by atoms with van der Waals surface area (Å²) in [7, 11) is 1.67. The molecule has 0 bridgehead atoms. The molecule has 0 radical (unpaired) electrons. The standard InChI is InChI=1S/C8H9F3N2/c1-12-4-13-5-2-6(9)8(11)7(10)3-5/h2-3,12-13H,4H2,1H3. The molecule has 0 aliphatic carbocycles. The van der Waals surface area contributed by atoms with E-state index in [-0.39, 0.29) is 5.69 Å². The Labute approximate surface area is 73.8 Å². The Kier molecular flexibility index (Phi) is 3.13. The molecule has 2 nitrogen and oxygen atoms in total. The molecule has 0 heterocycles. The Morgan fingerprint density at radius 3 is 2.15 bits per heavy atom. The van der Waals surface area contributed by atoms with Crippen molar-refractivity contribution in [2.45, 2.75) is 0 Å². The van der Waals surface area contributed by atoms with E-state index in [1.54, 1.807) is 7.05 Å². The highest BCUT2D eigenvalue weighted by Crippen LogP contribution is 2.16. The van der Waals surface area contributed by atoms with Gasteiger partial charge in [0.1, 0.15) is 0 Å². The van der Waals surface area contributed by atoms with Gasteiger partial charge in [0.2, 0.25) is 0 Å². The van der Waals surface area contributed by atoms with E-state index in [1.807, 2.05) is 0 Å². The fourth-order valence-corrected chi connectivity index (χ4v) is 0.848. The summed E-state index contributed by atoms with van der Waals surface area (Å²) in [4.78, 5) is 0. The first-order chi connectivity index (χ1) is 6.15. The second-order valence-electron chi connectivity index (χ2n) is 2.46. The van der Waals surface area contributed by atoms with Crippen LogP contribution in [0.3, 0.4) is 0 Å². The Morgan fingerprint density at radius 1 is 1.15 bits per heavy atom. The first kappa shape index (κ1) is 9.85. The van der Waals surface area contributed by atoms with E-state index < -0.39 is 17.5 Å². The van der Waals surface area contributed by atoms with Gasteiger partial charge in [0.15, 0.2) is 17.5 Å². The fourth-order valence-electron chi connectivity index (χ4n) is 0.848. The van der Waals surface area contributed by atoms with Crippen molar-refractivity contribution in [1.82, 2.24) is 5.32 Å². The number of nitrogens with one attached hydrogen (secondary N) is 2. The number of rotatable bonds is 3. The molecule has 0 amide bonds. The summed E-state index contributed by atoms with van der Waals surface area (Å²) >= 11 is 0. The third-order valence-corrected chi connectivity index (χ3v) is 1.45. The van der Waals surface area contributed by atoms with Crippen LogP contribution < -0.4 is 10.6 Å². The van der Waals surface area contributed by atoms with Crippen molar-refractivity contribution in [2.24, 2.45) is 0 Å². The minimum absolute atomic E-state index is 0.200. The number of benzene rings is 1. The average Bonchev–Trinajstić information content (AvgIpc) is 2.10. The van der Waals surface area contributed by atoms with Crippen LogP contribution in [-0.4, -0.2) is 13.7 Å². The van der Waals surface area contributed by atoms with Crippen LogP contribution in [0.25, 0.3) is 0 Å². The van der Waals surface area contributed by atoms with Crippen LogP contribution in [0.1, 0.15) is 0 Å². The van der Waals surface area contributed by atoms with Crippen LogP contribution in [0.15, 0.2) is 12.1 Å². The first-order valence-electron chi connectivity index (χ1n) is 3.68. The SMILES string of the molecule is CNCNc1cc(F)c(F)c(F)c1. The van der Waals surface area contributed by atoms with E-state index in [1.165, 1.54) is 0 Å². The Morgan fingerprint density at radius 2 is 1.69 bits per heavy atom. The van der Waals surface area contributed by atoms with Gasteiger partial charge in [-0.2, -0.15) is 0 Å². The summed E-state index contributed by atoms with van der Waals surface area (Å²) in [6.07, 6.45) is 0. The van der Waals surface area contributed by atoms with Crippen molar-refractivity contribution in [2.75, 3.05) is 19.0 Å². The lowest BCUT2D eigenvalue weighted by atomic mass is 10.3. The van der Waals surface area contributed by atoms with Gasteiger partial charge in [0, 0.05) is 17.8 Å². The maximum absolute atomic E-state index is 12.6. The van der Waals surface area contributed by atoms with Gasteiger partial charge in [-0.3, -0.25) is 0 Å². The third kappa shape index (κ3) is 2.35. The predicted octanol–water partition coefficient (Wildman–Crippen LogP) is 1.69. The molecule has 0 aliphatic heterocycles. The summed E-state index contributed by atoms with van der Waals surface area (Å²) < 4.78 is 37.6. The van der Waals surface area contributed by atoms with Crippen LogP contribution in [0.5, 0.6) is 0 Å². The number of halogens is 3. The van der Waals surface area contributed by atoms with Gasteiger partial charge in [-0.1, -0.05) is 0 Å². The molecule has 0 atom stereocenters. The molecule has 0 saturated carbocycles. The van der Waals surface area contributed by atoms with Crippen molar-refractivity contribution in [3.8, 4) is 0 Å². The number of hydrogen-bond donors (Lipinski definition) is 2. The molecule has 2 N–H and O–H groups in total. The minimum Gasteiger partial charge on any atom is -0.372 e. The lowest BCUT2D eigenvalue weighted by Gasteiger charge is -2.05. The summed E-state index contributed by atoms with van der Waals surface area (Å²) in [6, 6.07) is 1.80. The Balaban J connectivity index is 2.86. The summed E-state index contributed by atoms with van der Waals surface area (Å²) in [5.74, 6) is -3.84. The van der Waals surface area contributed by atoms with Crippen LogP contribution in [0.2, 0.25) is 0 Å².